The number of carbonyl (C=O) groups is 1. The zero-order valence-electron chi connectivity index (χ0n) is 20.9. The number of amides is 2. The van der Waals surface area contributed by atoms with Crippen molar-refractivity contribution < 1.29 is 9.53 Å². The predicted octanol–water partition coefficient (Wildman–Crippen LogP) is 5.36. The second-order valence-electron chi connectivity index (χ2n) is 10.5. The fraction of sp³-hybridized carbons (Fsp3) is 0.536. The summed E-state index contributed by atoms with van der Waals surface area (Å²) in [5.41, 5.74) is 2.48. The average molecular weight is 450 g/mol. The molecule has 1 saturated heterocycles. The fourth-order valence-electron chi connectivity index (χ4n) is 5.89. The highest BCUT2D eigenvalue weighted by Crippen LogP contribution is 2.49. The number of hydrogen-bond donors (Lipinski definition) is 0. The zero-order valence-corrected chi connectivity index (χ0v) is 20.9. The molecule has 0 radical (unpaired) electrons. The van der Waals surface area contributed by atoms with Crippen LogP contribution >= 0.6 is 0 Å². The molecule has 2 fully saturated rings. The van der Waals surface area contributed by atoms with Gasteiger partial charge >= 0.3 is 6.03 Å². The Labute approximate surface area is 199 Å². The first kappa shape index (κ1) is 23.6. The number of urea groups is 1. The first-order chi connectivity index (χ1) is 15.8. The van der Waals surface area contributed by atoms with Crippen molar-refractivity contribution in [3.63, 3.8) is 0 Å². The average Bonchev–Trinajstić information content (AvgIpc) is 3.05. The lowest BCUT2D eigenvalue weighted by Gasteiger charge is -2.51. The lowest BCUT2D eigenvalue weighted by atomic mass is 9.68. The molecular formula is C28H39N3O2. The van der Waals surface area contributed by atoms with Gasteiger partial charge in [-0.3, -0.25) is 4.90 Å². The number of hydrogen-bond acceptors (Lipinski definition) is 3. The van der Waals surface area contributed by atoms with E-state index >= 15 is 0 Å². The summed E-state index contributed by atoms with van der Waals surface area (Å²) < 4.78 is 5.29. The summed E-state index contributed by atoms with van der Waals surface area (Å²) in [5, 5.41) is 0. The summed E-state index contributed by atoms with van der Waals surface area (Å²) in [4.78, 5) is 20.3. The monoisotopic (exact) mass is 449 g/mol. The number of carbonyl (C=O) groups excluding carboxylic acids is 1. The number of rotatable bonds is 7. The van der Waals surface area contributed by atoms with E-state index in [1.165, 1.54) is 5.56 Å². The summed E-state index contributed by atoms with van der Waals surface area (Å²) >= 11 is 0. The van der Waals surface area contributed by atoms with Crippen LogP contribution in [0.2, 0.25) is 0 Å². The molecule has 0 aromatic heterocycles. The van der Waals surface area contributed by atoms with Crippen molar-refractivity contribution in [1.29, 1.82) is 0 Å². The van der Waals surface area contributed by atoms with E-state index in [-0.39, 0.29) is 17.1 Å². The number of ether oxygens (including phenoxy) is 1. The van der Waals surface area contributed by atoms with Gasteiger partial charge in [-0.1, -0.05) is 56.3 Å². The molecule has 2 amide bonds. The molecule has 0 N–H and O–H groups in total. The minimum atomic E-state index is -0.0812. The summed E-state index contributed by atoms with van der Waals surface area (Å²) in [6.45, 7) is 6.70. The number of benzene rings is 2. The van der Waals surface area contributed by atoms with Crippen molar-refractivity contribution in [2.45, 2.75) is 57.2 Å². The maximum Gasteiger partial charge on any atom is 0.320 e. The zero-order chi connectivity index (χ0) is 23.6. The highest BCUT2D eigenvalue weighted by molar-refractivity contribution is 5.78. The molecule has 4 rings (SSSR count). The van der Waals surface area contributed by atoms with Crippen molar-refractivity contribution in [3.05, 3.63) is 65.7 Å². The van der Waals surface area contributed by atoms with Crippen molar-refractivity contribution in [2.24, 2.45) is 5.92 Å². The predicted molar refractivity (Wildman–Crippen MR) is 133 cm³/mol. The molecule has 5 heteroatoms. The van der Waals surface area contributed by atoms with Gasteiger partial charge in [0.15, 0.2) is 0 Å². The lowest BCUT2D eigenvalue weighted by Crippen LogP contribution is -2.56. The van der Waals surface area contributed by atoms with Gasteiger partial charge in [-0.05, 0) is 69.0 Å². The van der Waals surface area contributed by atoms with Crippen LogP contribution in [0.3, 0.4) is 0 Å². The van der Waals surface area contributed by atoms with Gasteiger partial charge < -0.3 is 14.5 Å². The van der Waals surface area contributed by atoms with Gasteiger partial charge in [-0.2, -0.15) is 0 Å². The van der Waals surface area contributed by atoms with Crippen molar-refractivity contribution in [2.75, 3.05) is 34.3 Å². The van der Waals surface area contributed by atoms with Crippen LogP contribution in [0.25, 0.3) is 0 Å². The third kappa shape index (κ3) is 4.48. The highest BCUT2D eigenvalue weighted by atomic mass is 16.5. The van der Waals surface area contributed by atoms with Crippen molar-refractivity contribution in [1.82, 2.24) is 14.7 Å². The standard InChI is InChI=1S/C28H39N3O2/c1-22(2)19-31-26(32)30(20-23-11-13-25(33-5)14-12-23)21-27(31)15-17-28(18-16-27,29(3)4)24-9-7-6-8-10-24/h6-14,22H,15-21H2,1-5H3. The van der Waals surface area contributed by atoms with Gasteiger partial charge in [0.1, 0.15) is 5.75 Å². The third-order valence-corrected chi connectivity index (χ3v) is 7.81. The Bertz CT molecular complexity index is 931. The van der Waals surface area contributed by atoms with Crippen molar-refractivity contribution >= 4 is 6.03 Å². The SMILES string of the molecule is COc1ccc(CN2CC3(CCC(c4ccccc4)(N(C)C)CC3)N(CC(C)C)C2=O)cc1. The molecule has 0 unspecified atom stereocenters. The van der Waals surface area contributed by atoms with Crippen LogP contribution in [0, 0.1) is 5.92 Å². The topological polar surface area (TPSA) is 36.0 Å². The van der Waals surface area contributed by atoms with Gasteiger partial charge in [0, 0.05) is 25.2 Å². The van der Waals surface area contributed by atoms with E-state index < -0.39 is 0 Å². The van der Waals surface area contributed by atoms with Gasteiger partial charge in [-0.25, -0.2) is 4.79 Å². The van der Waals surface area contributed by atoms with E-state index in [0.29, 0.717) is 12.5 Å². The molecule has 0 bridgehead atoms. The maximum absolute atomic E-state index is 13.6. The van der Waals surface area contributed by atoms with E-state index in [2.05, 4.69) is 85.1 Å². The largest absolute Gasteiger partial charge is 0.497 e. The second-order valence-corrected chi connectivity index (χ2v) is 10.5. The van der Waals surface area contributed by atoms with E-state index in [9.17, 15) is 4.79 Å². The number of methoxy groups -OCH3 is 1. The maximum atomic E-state index is 13.6. The number of nitrogens with zero attached hydrogens (tertiary/aromatic N) is 3. The smallest absolute Gasteiger partial charge is 0.320 e. The molecule has 1 saturated carbocycles. The Morgan fingerprint density at radius 2 is 1.61 bits per heavy atom. The van der Waals surface area contributed by atoms with E-state index in [0.717, 1.165) is 50.1 Å². The molecule has 2 aliphatic rings. The molecule has 2 aromatic carbocycles. The molecule has 1 spiro atoms. The Balaban J connectivity index is 1.57. The quantitative estimate of drug-likeness (QED) is 0.571. The van der Waals surface area contributed by atoms with Gasteiger partial charge in [0.25, 0.3) is 0 Å². The van der Waals surface area contributed by atoms with E-state index in [1.54, 1.807) is 7.11 Å². The van der Waals surface area contributed by atoms with Gasteiger partial charge in [0.2, 0.25) is 0 Å². The Hall–Kier alpha value is -2.53. The molecule has 1 aliphatic heterocycles. The van der Waals surface area contributed by atoms with E-state index in [1.807, 2.05) is 12.1 Å². The first-order valence-electron chi connectivity index (χ1n) is 12.2. The normalized spacial score (nSPS) is 25.5. The van der Waals surface area contributed by atoms with Crippen LogP contribution in [-0.2, 0) is 12.1 Å². The second kappa shape index (κ2) is 9.38. The first-order valence-corrected chi connectivity index (χ1v) is 12.2. The summed E-state index contributed by atoms with van der Waals surface area (Å²) in [6.07, 6.45) is 4.17. The molecular weight excluding hydrogens is 410 g/mol. The highest BCUT2D eigenvalue weighted by Gasteiger charge is 2.54. The van der Waals surface area contributed by atoms with E-state index in [4.69, 9.17) is 4.74 Å². The molecule has 0 atom stereocenters. The Morgan fingerprint density at radius 3 is 2.15 bits per heavy atom. The van der Waals surface area contributed by atoms with Gasteiger partial charge in [-0.15, -0.1) is 0 Å². The van der Waals surface area contributed by atoms with Gasteiger partial charge in [0.05, 0.1) is 12.6 Å². The molecule has 178 valence electrons. The van der Waals surface area contributed by atoms with Crippen LogP contribution in [0.5, 0.6) is 5.75 Å². The molecule has 1 heterocycles. The van der Waals surface area contributed by atoms with Crippen LogP contribution in [0.1, 0.15) is 50.7 Å². The lowest BCUT2D eigenvalue weighted by molar-refractivity contribution is 0.0214. The fourth-order valence-corrected chi connectivity index (χ4v) is 5.89. The van der Waals surface area contributed by atoms with Crippen LogP contribution < -0.4 is 4.74 Å². The molecule has 33 heavy (non-hydrogen) atoms. The minimum Gasteiger partial charge on any atom is -0.497 e. The van der Waals surface area contributed by atoms with Crippen LogP contribution in [0.15, 0.2) is 54.6 Å². The van der Waals surface area contributed by atoms with Crippen LogP contribution in [-0.4, -0.2) is 60.6 Å². The summed E-state index contributed by atoms with van der Waals surface area (Å²) in [5.74, 6) is 1.29. The summed E-state index contributed by atoms with van der Waals surface area (Å²) in [6, 6.07) is 19.2. The summed E-state index contributed by atoms with van der Waals surface area (Å²) in [7, 11) is 6.08. The Kier molecular flexibility index (Phi) is 6.71. The Morgan fingerprint density at radius 1 is 0.970 bits per heavy atom. The van der Waals surface area contributed by atoms with Crippen LogP contribution in [0.4, 0.5) is 4.79 Å². The van der Waals surface area contributed by atoms with Crippen molar-refractivity contribution in [3.8, 4) is 5.75 Å². The minimum absolute atomic E-state index is 0.0302. The molecule has 1 aliphatic carbocycles. The third-order valence-electron chi connectivity index (χ3n) is 7.81. The molecule has 5 nitrogen and oxygen atoms in total. The molecule has 2 aromatic rings.